The number of imidazole rings is 1. The molecule has 3 heterocycles. The second-order valence-corrected chi connectivity index (χ2v) is 7.63. The first kappa shape index (κ1) is 20.0. The number of hydrogen-bond donors (Lipinski definition) is 2. The van der Waals surface area contributed by atoms with Crippen molar-refractivity contribution in [1.29, 1.82) is 5.26 Å². The molecule has 0 aliphatic rings. The summed E-state index contributed by atoms with van der Waals surface area (Å²) in [6, 6.07) is 11.4. The Labute approximate surface area is 176 Å². The van der Waals surface area contributed by atoms with Crippen LogP contribution in [0.2, 0.25) is 0 Å². The Balaban J connectivity index is 1.84. The van der Waals surface area contributed by atoms with E-state index in [2.05, 4.69) is 16.0 Å². The normalized spacial score (nSPS) is 10.9. The summed E-state index contributed by atoms with van der Waals surface area (Å²) in [6.45, 7) is 1.98. The second-order valence-electron chi connectivity index (χ2n) is 6.65. The number of nitriles is 1. The fourth-order valence-electron chi connectivity index (χ4n) is 3.26. The highest BCUT2D eigenvalue weighted by Gasteiger charge is 2.23. The van der Waals surface area contributed by atoms with Crippen molar-refractivity contribution >= 4 is 40.5 Å². The fraction of sp³-hybridized carbons (Fsp3) is 0.150. The molecule has 4 rings (SSSR count). The van der Waals surface area contributed by atoms with E-state index in [0.29, 0.717) is 38.8 Å². The molecule has 10 heteroatoms. The number of benzene rings is 1. The summed E-state index contributed by atoms with van der Waals surface area (Å²) in [5, 5.41) is 29.2. The summed E-state index contributed by atoms with van der Waals surface area (Å²) >= 11 is 1.22. The van der Waals surface area contributed by atoms with Gasteiger partial charge in [0, 0.05) is 18.8 Å². The van der Waals surface area contributed by atoms with Crippen LogP contribution in [0.15, 0.2) is 42.6 Å². The van der Waals surface area contributed by atoms with Crippen LogP contribution in [0.4, 0.5) is 15.3 Å². The average molecular weight is 421 g/mol. The average Bonchev–Trinajstić information content (AvgIpc) is 3.34. The highest BCUT2D eigenvalue weighted by Crippen LogP contribution is 2.36. The molecule has 0 amide bonds. The van der Waals surface area contributed by atoms with Gasteiger partial charge in [0.2, 0.25) is 0 Å². The largest absolute Gasteiger partial charge is 0.489 e. The number of aryl methyl sites for hydroxylation is 1. The van der Waals surface area contributed by atoms with Gasteiger partial charge in [0.15, 0.2) is 5.13 Å². The molecule has 0 saturated heterocycles. The van der Waals surface area contributed by atoms with E-state index in [9.17, 15) is 19.7 Å². The molecule has 1 aromatic carbocycles. The Kier molecular flexibility index (Phi) is 5.26. The molecule has 0 fully saturated rings. The number of halogens is 1. The maximum atomic E-state index is 13.3. The van der Waals surface area contributed by atoms with Crippen LogP contribution in [0.5, 0.6) is 0 Å². The lowest BCUT2D eigenvalue weighted by Crippen LogP contribution is -2.30. The molecule has 2 N–H and O–H groups in total. The molecule has 3 aromatic heterocycles. The molecule has 0 spiro atoms. The fourth-order valence-corrected chi connectivity index (χ4v) is 4.11. The summed E-state index contributed by atoms with van der Waals surface area (Å²) in [7, 11) is 0.217. The highest BCUT2D eigenvalue weighted by atomic mass is 32.1. The van der Waals surface area contributed by atoms with Crippen LogP contribution in [0, 0.1) is 17.1 Å². The summed E-state index contributed by atoms with van der Waals surface area (Å²) in [5.41, 5.74) is 2.94. The van der Waals surface area contributed by atoms with E-state index in [1.54, 1.807) is 34.9 Å². The molecule has 0 aliphatic heterocycles. The lowest BCUT2D eigenvalue weighted by atomic mass is 9.82. The molecule has 0 bridgehead atoms. The Morgan fingerprint density at radius 2 is 1.93 bits per heavy atom. The Morgan fingerprint density at radius 3 is 2.57 bits per heavy atom. The highest BCUT2D eigenvalue weighted by molar-refractivity contribution is 7.16. The summed E-state index contributed by atoms with van der Waals surface area (Å²) in [6.07, 6.45) is 2.28. The van der Waals surface area contributed by atoms with Crippen LogP contribution < -0.4 is 10.4 Å². The first-order valence-electron chi connectivity index (χ1n) is 9.20. The van der Waals surface area contributed by atoms with Crippen LogP contribution >= 0.6 is 11.3 Å². The van der Waals surface area contributed by atoms with Crippen LogP contribution in [-0.4, -0.2) is 38.6 Å². The first-order valence-corrected chi connectivity index (χ1v) is 10.0. The number of pyridine rings is 1. The third kappa shape index (κ3) is 3.43. The Hall–Kier alpha value is -3.26. The van der Waals surface area contributed by atoms with Gasteiger partial charge >= 0.3 is 7.12 Å². The SMILES string of the molecule is CCc1nc2ccc(B(O)O)cn2c1N(C)c1nc(-c2ccc(F)cc2)c(C#N)s1. The molecule has 0 radical (unpaired) electrons. The lowest BCUT2D eigenvalue weighted by Gasteiger charge is -2.17. The summed E-state index contributed by atoms with van der Waals surface area (Å²) in [5.74, 6) is 0.365. The second kappa shape index (κ2) is 7.87. The Bertz CT molecular complexity index is 1260. The van der Waals surface area contributed by atoms with E-state index in [1.807, 2.05) is 18.9 Å². The van der Waals surface area contributed by atoms with Crippen molar-refractivity contribution in [3.05, 3.63) is 59.0 Å². The van der Waals surface area contributed by atoms with Crippen molar-refractivity contribution in [2.75, 3.05) is 11.9 Å². The van der Waals surface area contributed by atoms with Crippen molar-refractivity contribution in [3.63, 3.8) is 0 Å². The van der Waals surface area contributed by atoms with Crippen molar-refractivity contribution in [2.24, 2.45) is 0 Å². The molecule has 0 unspecified atom stereocenters. The Morgan fingerprint density at radius 1 is 1.20 bits per heavy atom. The summed E-state index contributed by atoms with van der Waals surface area (Å²) < 4.78 is 15.1. The number of hydrogen-bond acceptors (Lipinski definition) is 7. The number of rotatable bonds is 5. The van der Waals surface area contributed by atoms with Gasteiger partial charge in [-0.3, -0.25) is 4.40 Å². The van der Waals surface area contributed by atoms with E-state index in [0.717, 1.165) is 11.5 Å². The van der Waals surface area contributed by atoms with Gasteiger partial charge in [-0.05, 0) is 42.2 Å². The number of nitrogens with zero attached hydrogens (tertiary/aromatic N) is 5. The maximum absolute atomic E-state index is 13.3. The topological polar surface area (TPSA) is 97.7 Å². The number of fused-ring (bicyclic) bond motifs is 1. The minimum absolute atomic E-state index is 0.334. The van der Waals surface area contributed by atoms with E-state index >= 15 is 0 Å². The first-order chi connectivity index (χ1) is 14.4. The molecule has 0 saturated carbocycles. The van der Waals surface area contributed by atoms with Gasteiger partial charge in [0.25, 0.3) is 0 Å². The summed E-state index contributed by atoms with van der Waals surface area (Å²) in [4.78, 5) is 11.5. The molecule has 7 nitrogen and oxygen atoms in total. The van der Waals surface area contributed by atoms with Gasteiger partial charge in [-0.15, -0.1) is 0 Å². The molecule has 30 heavy (non-hydrogen) atoms. The lowest BCUT2D eigenvalue weighted by molar-refractivity contribution is 0.425. The zero-order chi connectivity index (χ0) is 21.4. The van der Waals surface area contributed by atoms with Crippen LogP contribution in [0.3, 0.4) is 0 Å². The van der Waals surface area contributed by atoms with E-state index in [-0.39, 0.29) is 5.82 Å². The standard InChI is InChI=1S/C20H17BFN5O2S/c1-3-15-19(27-11-13(21(28)29)6-9-17(27)24-15)26(2)20-25-18(16(10-23)30-20)12-4-7-14(22)8-5-12/h4-9,11,28-29H,3H2,1-2H3. The minimum Gasteiger partial charge on any atom is -0.423 e. The van der Waals surface area contributed by atoms with Gasteiger partial charge in [-0.25, -0.2) is 14.4 Å². The van der Waals surface area contributed by atoms with Crippen LogP contribution in [0.25, 0.3) is 16.9 Å². The van der Waals surface area contributed by atoms with Gasteiger partial charge in [0.1, 0.15) is 33.9 Å². The van der Waals surface area contributed by atoms with Crippen molar-refractivity contribution in [3.8, 4) is 17.3 Å². The predicted molar refractivity (Wildman–Crippen MR) is 115 cm³/mol. The molecule has 4 aromatic rings. The zero-order valence-corrected chi connectivity index (χ0v) is 17.1. The van der Waals surface area contributed by atoms with Crippen molar-refractivity contribution in [1.82, 2.24) is 14.4 Å². The maximum Gasteiger partial charge on any atom is 0.489 e. The van der Waals surface area contributed by atoms with Crippen molar-refractivity contribution < 1.29 is 14.4 Å². The van der Waals surface area contributed by atoms with E-state index < -0.39 is 7.12 Å². The molecular formula is C20H17BFN5O2S. The number of anilines is 2. The third-order valence-corrected chi connectivity index (χ3v) is 5.79. The van der Waals surface area contributed by atoms with Crippen LogP contribution in [-0.2, 0) is 6.42 Å². The van der Waals surface area contributed by atoms with Gasteiger partial charge in [-0.1, -0.05) is 24.3 Å². The van der Waals surface area contributed by atoms with Gasteiger partial charge in [-0.2, -0.15) is 5.26 Å². The predicted octanol–water partition coefficient (Wildman–Crippen LogP) is 2.48. The number of thiazole rings is 1. The zero-order valence-electron chi connectivity index (χ0n) is 16.2. The van der Waals surface area contributed by atoms with Gasteiger partial charge in [0.05, 0.1) is 5.69 Å². The van der Waals surface area contributed by atoms with E-state index in [1.165, 1.54) is 23.5 Å². The van der Waals surface area contributed by atoms with Crippen LogP contribution in [0.1, 0.15) is 17.5 Å². The van der Waals surface area contributed by atoms with Gasteiger partial charge < -0.3 is 14.9 Å². The number of aromatic nitrogens is 3. The van der Waals surface area contributed by atoms with Crippen molar-refractivity contribution in [2.45, 2.75) is 13.3 Å². The quantitative estimate of drug-likeness (QED) is 0.481. The third-order valence-electron chi connectivity index (χ3n) is 4.76. The van der Waals surface area contributed by atoms with E-state index in [4.69, 9.17) is 0 Å². The molecule has 0 atom stereocenters. The smallest absolute Gasteiger partial charge is 0.423 e. The monoisotopic (exact) mass is 421 g/mol. The molecule has 0 aliphatic carbocycles. The molecular weight excluding hydrogens is 404 g/mol. The minimum atomic E-state index is -1.60. The molecule has 150 valence electrons.